The van der Waals surface area contributed by atoms with Crippen molar-refractivity contribution >= 4 is 34.2 Å². The monoisotopic (exact) mass is 420 g/mol. The quantitative estimate of drug-likeness (QED) is 0.745. The summed E-state index contributed by atoms with van der Waals surface area (Å²) >= 11 is 2.29. The molecule has 23 heavy (non-hydrogen) atoms. The summed E-state index contributed by atoms with van der Waals surface area (Å²) in [6.07, 6.45) is 2.33. The zero-order valence-electron chi connectivity index (χ0n) is 13.3. The summed E-state index contributed by atoms with van der Waals surface area (Å²) < 4.78 is 1.18. The van der Waals surface area contributed by atoms with Crippen LogP contribution in [0.25, 0.3) is 0 Å². The van der Waals surface area contributed by atoms with Crippen LogP contribution in [0.3, 0.4) is 0 Å². The van der Waals surface area contributed by atoms with Crippen LogP contribution in [0.2, 0.25) is 0 Å². The molecule has 120 valence electrons. The minimum absolute atomic E-state index is 0.0578. The number of amides is 1. The van der Waals surface area contributed by atoms with E-state index in [9.17, 15) is 4.79 Å². The predicted octanol–water partition coefficient (Wildman–Crippen LogP) is 4.38. The van der Waals surface area contributed by atoms with Crippen molar-refractivity contribution in [2.75, 3.05) is 18.4 Å². The SMILES string of the molecule is Cc1cc(I)ccc1NC(=O)C(c1ccccc1)N1CCCC1. The van der Waals surface area contributed by atoms with Crippen LogP contribution in [0, 0.1) is 10.5 Å². The molecule has 1 atom stereocenters. The first-order valence-electron chi connectivity index (χ1n) is 8.01. The number of halogens is 1. The number of hydrogen-bond acceptors (Lipinski definition) is 2. The fraction of sp³-hybridized carbons (Fsp3) is 0.316. The molecule has 0 aromatic heterocycles. The summed E-state index contributed by atoms with van der Waals surface area (Å²) in [6.45, 7) is 4.00. The first kappa shape index (κ1) is 16.5. The Morgan fingerprint density at radius 3 is 2.48 bits per heavy atom. The molecule has 3 nitrogen and oxygen atoms in total. The number of carbonyl (C=O) groups excluding carboxylic acids is 1. The third-order valence-corrected chi connectivity index (χ3v) is 4.99. The van der Waals surface area contributed by atoms with E-state index in [-0.39, 0.29) is 11.9 Å². The van der Waals surface area contributed by atoms with Crippen LogP contribution < -0.4 is 5.32 Å². The van der Waals surface area contributed by atoms with Gasteiger partial charge in [-0.25, -0.2) is 0 Å². The van der Waals surface area contributed by atoms with Crippen LogP contribution >= 0.6 is 22.6 Å². The fourth-order valence-corrected chi connectivity index (χ4v) is 3.78. The van der Waals surface area contributed by atoms with Crippen LogP contribution in [-0.4, -0.2) is 23.9 Å². The summed E-state index contributed by atoms with van der Waals surface area (Å²) in [7, 11) is 0. The summed E-state index contributed by atoms with van der Waals surface area (Å²) in [5, 5.41) is 3.13. The third kappa shape index (κ3) is 3.93. The van der Waals surface area contributed by atoms with Crippen molar-refractivity contribution in [2.24, 2.45) is 0 Å². The van der Waals surface area contributed by atoms with Gasteiger partial charge in [-0.15, -0.1) is 0 Å². The van der Waals surface area contributed by atoms with E-state index in [2.05, 4.69) is 38.9 Å². The molecule has 1 N–H and O–H groups in total. The Morgan fingerprint density at radius 1 is 1.13 bits per heavy atom. The molecule has 2 aromatic carbocycles. The minimum atomic E-state index is -0.211. The highest BCUT2D eigenvalue weighted by atomic mass is 127. The number of hydrogen-bond donors (Lipinski definition) is 1. The average molecular weight is 420 g/mol. The van der Waals surface area contributed by atoms with Crippen molar-refractivity contribution in [3.05, 3.63) is 63.2 Å². The van der Waals surface area contributed by atoms with Crippen molar-refractivity contribution in [2.45, 2.75) is 25.8 Å². The number of likely N-dealkylation sites (tertiary alicyclic amines) is 1. The molecular weight excluding hydrogens is 399 g/mol. The van der Waals surface area contributed by atoms with Gasteiger partial charge in [-0.1, -0.05) is 30.3 Å². The summed E-state index contributed by atoms with van der Waals surface area (Å²) in [5.74, 6) is 0.0578. The molecule has 3 rings (SSSR count). The number of aryl methyl sites for hydroxylation is 1. The molecule has 0 aliphatic carbocycles. The predicted molar refractivity (Wildman–Crippen MR) is 103 cm³/mol. The number of rotatable bonds is 4. The molecule has 1 aliphatic heterocycles. The van der Waals surface area contributed by atoms with Gasteiger partial charge in [0.2, 0.25) is 5.91 Å². The highest BCUT2D eigenvalue weighted by Crippen LogP contribution is 2.27. The van der Waals surface area contributed by atoms with Crippen LogP contribution in [-0.2, 0) is 4.79 Å². The van der Waals surface area contributed by atoms with Gasteiger partial charge in [0.25, 0.3) is 0 Å². The van der Waals surface area contributed by atoms with Crippen molar-refractivity contribution in [1.82, 2.24) is 4.90 Å². The minimum Gasteiger partial charge on any atom is -0.324 e. The molecule has 4 heteroatoms. The van der Waals surface area contributed by atoms with E-state index in [4.69, 9.17) is 0 Å². The number of nitrogens with one attached hydrogen (secondary N) is 1. The lowest BCUT2D eigenvalue weighted by atomic mass is 10.0. The second kappa shape index (κ2) is 7.45. The van der Waals surface area contributed by atoms with Crippen molar-refractivity contribution in [3.63, 3.8) is 0 Å². The molecule has 1 saturated heterocycles. The molecule has 0 spiro atoms. The Hall–Kier alpha value is -1.40. The lowest BCUT2D eigenvalue weighted by molar-refractivity contribution is -0.121. The topological polar surface area (TPSA) is 32.3 Å². The Labute approximate surface area is 151 Å². The Balaban J connectivity index is 1.85. The summed E-state index contributed by atoms with van der Waals surface area (Å²) in [6, 6.07) is 16.0. The maximum atomic E-state index is 13.0. The Bertz CT molecular complexity index is 681. The second-order valence-electron chi connectivity index (χ2n) is 6.00. The van der Waals surface area contributed by atoms with E-state index < -0.39 is 0 Å². The standard InChI is InChI=1S/C19H21IN2O/c1-14-13-16(20)9-10-17(14)21-19(23)18(22-11-5-6-12-22)15-7-3-2-4-8-15/h2-4,7-10,13,18H,5-6,11-12H2,1H3,(H,21,23). The van der Waals surface area contributed by atoms with Gasteiger partial charge in [0.1, 0.15) is 6.04 Å². The number of nitrogens with zero attached hydrogens (tertiary/aromatic N) is 1. The third-order valence-electron chi connectivity index (χ3n) is 4.32. The van der Waals surface area contributed by atoms with Gasteiger partial charge in [-0.05, 0) is 84.8 Å². The van der Waals surface area contributed by atoms with E-state index in [0.717, 1.165) is 29.9 Å². The molecular formula is C19H21IN2O. The van der Waals surface area contributed by atoms with Gasteiger partial charge in [-0.3, -0.25) is 9.69 Å². The van der Waals surface area contributed by atoms with Crippen molar-refractivity contribution in [1.29, 1.82) is 0 Å². The van der Waals surface area contributed by atoms with Crippen LogP contribution in [0.5, 0.6) is 0 Å². The maximum Gasteiger partial charge on any atom is 0.246 e. The molecule has 0 saturated carbocycles. The second-order valence-corrected chi connectivity index (χ2v) is 7.25. The summed E-state index contributed by atoms with van der Waals surface area (Å²) in [4.78, 5) is 15.3. The zero-order valence-corrected chi connectivity index (χ0v) is 15.4. The van der Waals surface area contributed by atoms with E-state index in [1.807, 2.05) is 49.4 Å². The molecule has 2 aromatic rings. The molecule has 1 unspecified atom stereocenters. The molecule has 0 radical (unpaired) electrons. The van der Waals surface area contributed by atoms with Gasteiger partial charge < -0.3 is 5.32 Å². The van der Waals surface area contributed by atoms with Gasteiger partial charge in [-0.2, -0.15) is 0 Å². The van der Waals surface area contributed by atoms with Gasteiger partial charge >= 0.3 is 0 Å². The van der Waals surface area contributed by atoms with Crippen LogP contribution in [0.4, 0.5) is 5.69 Å². The highest BCUT2D eigenvalue weighted by molar-refractivity contribution is 14.1. The lowest BCUT2D eigenvalue weighted by Gasteiger charge is -2.27. The molecule has 1 fully saturated rings. The number of carbonyl (C=O) groups is 1. The Morgan fingerprint density at radius 2 is 1.83 bits per heavy atom. The van der Waals surface area contributed by atoms with Crippen LogP contribution in [0.1, 0.15) is 30.0 Å². The molecule has 1 amide bonds. The largest absolute Gasteiger partial charge is 0.324 e. The van der Waals surface area contributed by atoms with E-state index in [1.54, 1.807) is 0 Å². The van der Waals surface area contributed by atoms with E-state index >= 15 is 0 Å². The molecule has 1 heterocycles. The van der Waals surface area contributed by atoms with Gasteiger partial charge in [0.15, 0.2) is 0 Å². The molecule has 1 aliphatic rings. The average Bonchev–Trinajstić information content (AvgIpc) is 3.05. The van der Waals surface area contributed by atoms with E-state index in [1.165, 1.54) is 16.4 Å². The number of benzene rings is 2. The van der Waals surface area contributed by atoms with E-state index in [0.29, 0.717) is 0 Å². The van der Waals surface area contributed by atoms with Crippen molar-refractivity contribution in [3.8, 4) is 0 Å². The highest BCUT2D eigenvalue weighted by Gasteiger charge is 2.29. The lowest BCUT2D eigenvalue weighted by Crippen LogP contribution is -2.35. The maximum absolute atomic E-state index is 13.0. The van der Waals surface area contributed by atoms with Gasteiger partial charge in [0.05, 0.1) is 0 Å². The summed E-state index contributed by atoms with van der Waals surface area (Å²) in [5.41, 5.74) is 3.06. The zero-order chi connectivity index (χ0) is 16.2. The number of anilines is 1. The Kier molecular flexibility index (Phi) is 5.33. The normalized spacial score (nSPS) is 16.3. The first-order chi connectivity index (χ1) is 11.1. The van der Waals surface area contributed by atoms with Gasteiger partial charge in [0, 0.05) is 9.26 Å². The molecule has 0 bridgehead atoms. The smallest absolute Gasteiger partial charge is 0.246 e. The van der Waals surface area contributed by atoms with Crippen LogP contribution in [0.15, 0.2) is 48.5 Å². The fourth-order valence-electron chi connectivity index (χ4n) is 3.13. The first-order valence-corrected chi connectivity index (χ1v) is 9.09. The van der Waals surface area contributed by atoms with Crippen molar-refractivity contribution < 1.29 is 4.79 Å².